The van der Waals surface area contributed by atoms with Gasteiger partial charge in [-0.2, -0.15) is 0 Å². The molecule has 170 valence electrons. The van der Waals surface area contributed by atoms with Crippen molar-refractivity contribution in [3.05, 3.63) is 89.7 Å². The fourth-order valence-electron chi connectivity index (χ4n) is 5.06. The van der Waals surface area contributed by atoms with Gasteiger partial charge in [-0.05, 0) is 53.6 Å². The summed E-state index contributed by atoms with van der Waals surface area (Å²) in [4.78, 5) is 17.2. The molecule has 2 N–H and O–H groups in total. The van der Waals surface area contributed by atoms with E-state index in [-0.39, 0.29) is 36.5 Å². The maximum Gasteiger partial charge on any atom is 0.326 e. The van der Waals surface area contributed by atoms with E-state index >= 15 is 0 Å². The van der Waals surface area contributed by atoms with Crippen LogP contribution in [0.1, 0.15) is 17.0 Å². The van der Waals surface area contributed by atoms with Gasteiger partial charge in [0.25, 0.3) is 0 Å². The molecule has 5 rings (SSSR count). The number of aliphatic hydroxyl groups excluding tert-OH is 1. The van der Waals surface area contributed by atoms with Gasteiger partial charge in [0.15, 0.2) is 0 Å². The molecule has 3 aromatic carbocycles. The van der Waals surface area contributed by atoms with Crippen LogP contribution in [0.3, 0.4) is 0 Å². The van der Waals surface area contributed by atoms with Crippen molar-refractivity contribution >= 4 is 17.4 Å². The summed E-state index contributed by atoms with van der Waals surface area (Å²) in [5.74, 6) is 0.603. The Morgan fingerprint density at radius 3 is 2.52 bits per heavy atom. The van der Waals surface area contributed by atoms with Gasteiger partial charge in [-0.15, -0.1) is 0 Å². The Morgan fingerprint density at radius 1 is 1.09 bits per heavy atom. The van der Waals surface area contributed by atoms with Crippen molar-refractivity contribution in [2.45, 2.75) is 24.5 Å². The minimum atomic E-state index is -0.349. The normalized spacial score (nSPS) is 21.5. The summed E-state index contributed by atoms with van der Waals surface area (Å²) in [6, 6.07) is 21.3. The van der Waals surface area contributed by atoms with Gasteiger partial charge in [0.05, 0.1) is 13.7 Å². The van der Waals surface area contributed by atoms with Crippen LogP contribution in [0.25, 0.3) is 0 Å². The van der Waals surface area contributed by atoms with Crippen molar-refractivity contribution in [2.24, 2.45) is 0 Å². The average Bonchev–Trinajstić information content (AvgIpc) is 2.84. The number of carbonyl (C=O) groups is 1. The van der Waals surface area contributed by atoms with Crippen molar-refractivity contribution in [2.75, 3.05) is 30.5 Å². The smallest absolute Gasteiger partial charge is 0.326 e. The van der Waals surface area contributed by atoms with Crippen LogP contribution in [0.2, 0.25) is 0 Å². The van der Waals surface area contributed by atoms with Gasteiger partial charge >= 0.3 is 6.03 Å². The number of urea groups is 1. The van der Waals surface area contributed by atoms with Crippen LogP contribution in [0.4, 0.5) is 20.6 Å². The molecule has 1 saturated heterocycles. The minimum absolute atomic E-state index is 0.0134. The van der Waals surface area contributed by atoms with Crippen molar-refractivity contribution in [1.29, 1.82) is 0 Å². The van der Waals surface area contributed by atoms with Gasteiger partial charge in [0.1, 0.15) is 11.6 Å². The molecular weight excluding hydrogens is 421 g/mol. The van der Waals surface area contributed by atoms with Crippen molar-refractivity contribution < 1.29 is 19.0 Å². The van der Waals surface area contributed by atoms with E-state index in [1.807, 2.05) is 48.5 Å². The first-order valence-corrected chi connectivity index (χ1v) is 11.0. The maximum absolute atomic E-state index is 13.3. The highest BCUT2D eigenvalue weighted by Gasteiger charge is 2.53. The highest BCUT2D eigenvalue weighted by atomic mass is 19.1. The predicted molar refractivity (Wildman–Crippen MR) is 125 cm³/mol. The third-order valence-corrected chi connectivity index (χ3v) is 6.69. The van der Waals surface area contributed by atoms with Crippen LogP contribution in [-0.2, 0) is 6.54 Å². The summed E-state index contributed by atoms with van der Waals surface area (Å²) in [5, 5.41) is 13.1. The number of amides is 2. The van der Waals surface area contributed by atoms with Crippen LogP contribution < -0.4 is 15.0 Å². The lowest BCUT2D eigenvalue weighted by atomic mass is 9.72. The zero-order valence-corrected chi connectivity index (χ0v) is 18.3. The van der Waals surface area contributed by atoms with E-state index in [0.29, 0.717) is 18.8 Å². The second-order valence-electron chi connectivity index (χ2n) is 8.47. The summed E-state index contributed by atoms with van der Waals surface area (Å²) in [6.07, 6.45) is 0. The molecular formula is C26H26FN3O3. The zero-order valence-electron chi connectivity index (χ0n) is 18.3. The Labute approximate surface area is 192 Å². The molecule has 0 bridgehead atoms. The molecule has 2 amide bonds. The largest absolute Gasteiger partial charge is 0.497 e. The number of likely N-dealkylation sites (tertiary alicyclic amines) is 1. The highest BCUT2D eigenvalue weighted by molar-refractivity contribution is 6.02. The number of nitrogens with one attached hydrogen (secondary N) is 1. The number of aliphatic hydroxyl groups is 1. The van der Waals surface area contributed by atoms with Gasteiger partial charge in [0, 0.05) is 42.5 Å². The molecule has 2 heterocycles. The third-order valence-electron chi connectivity index (χ3n) is 6.69. The maximum atomic E-state index is 13.3. The first kappa shape index (κ1) is 21.4. The van der Waals surface area contributed by atoms with Gasteiger partial charge in [-0.3, -0.25) is 9.80 Å². The molecule has 2 aliphatic rings. The number of anilines is 2. The molecule has 7 heteroatoms. The van der Waals surface area contributed by atoms with E-state index in [1.54, 1.807) is 24.1 Å². The molecule has 1 fully saturated rings. The number of nitrogens with zero attached hydrogens (tertiary/aromatic N) is 2. The lowest BCUT2D eigenvalue weighted by Gasteiger charge is -2.59. The standard InChI is InChI=1S/C26H26FN3O3/c1-33-20-12-6-17(7-13-20)14-29-23-15-30(26(32)28-19-10-8-18(27)9-11-19)22-5-3-2-4-21(22)25(23)24(29)16-31/h2-13,23-25,31H,14-16H2,1H3,(H,28,32)/t23-,24-,25+/m0/s1. The third kappa shape index (κ3) is 3.94. The van der Waals surface area contributed by atoms with E-state index in [2.05, 4.69) is 10.2 Å². The number of carbonyl (C=O) groups excluding carboxylic acids is 1. The number of para-hydroxylation sites is 1. The van der Waals surface area contributed by atoms with Crippen LogP contribution in [-0.4, -0.2) is 48.4 Å². The van der Waals surface area contributed by atoms with Gasteiger partial charge in [0.2, 0.25) is 0 Å². The average molecular weight is 448 g/mol. The van der Waals surface area contributed by atoms with E-state index in [4.69, 9.17) is 4.74 Å². The fraction of sp³-hybridized carbons (Fsp3) is 0.269. The minimum Gasteiger partial charge on any atom is -0.497 e. The number of halogens is 1. The Kier molecular flexibility index (Phi) is 5.74. The Hall–Kier alpha value is -3.42. The lowest BCUT2D eigenvalue weighted by molar-refractivity contribution is -0.0484. The van der Waals surface area contributed by atoms with Gasteiger partial charge < -0.3 is 15.2 Å². The summed E-state index contributed by atoms with van der Waals surface area (Å²) in [5.41, 5.74) is 3.57. The van der Waals surface area contributed by atoms with Crippen LogP contribution in [0.5, 0.6) is 5.75 Å². The topological polar surface area (TPSA) is 65.0 Å². The first-order valence-electron chi connectivity index (χ1n) is 11.0. The molecule has 0 unspecified atom stereocenters. The molecule has 2 aliphatic heterocycles. The number of fused-ring (bicyclic) bond motifs is 3. The molecule has 3 aromatic rings. The summed E-state index contributed by atoms with van der Waals surface area (Å²) in [6.45, 7) is 1.22. The predicted octanol–water partition coefficient (Wildman–Crippen LogP) is 4.22. The number of rotatable bonds is 5. The second-order valence-corrected chi connectivity index (χ2v) is 8.47. The van der Waals surface area contributed by atoms with Crippen molar-refractivity contribution in [3.63, 3.8) is 0 Å². The summed E-state index contributed by atoms with van der Waals surface area (Å²) >= 11 is 0. The number of methoxy groups -OCH3 is 1. The van der Waals surface area contributed by atoms with E-state index < -0.39 is 0 Å². The SMILES string of the molecule is COc1ccc(CN2[C@@H](CO)[C@@H]3c4ccccc4N(C(=O)Nc4ccc(F)cc4)C[C@@H]32)cc1. The fourth-order valence-corrected chi connectivity index (χ4v) is 5.06. The van der Waals surface area contributed by atoms with Crippen molar-refractivity contribution in [3.8, 4) is 5.75 Å². The monoisotopic (exact) mass is 447 g/mol. The molecule has 33 heavy (non-hydrogen) atoms. The quantitative estimate of drug-likeness (QED) is 0.615. The molecule has 0 spiro atoms. The first-order chi connectivity index (χ1) is 16.1. The van der Waals surface area contributed by atoms with E-state index in [1.165, 1.54) is 12.1 Å². The number of benzene rings is 3. The Balaban J connectivity index is 1.41. The molecule has 0 aromatic heterocycles. The molecule has 6 nitrogen and oxygen atoms in total. The van der Waals surface area contributed by atoms with Crippen LogP contribution >= 0.6 is 0 Å². The highest BCUT2D eigenvalue weighted by Crippen LogP contribution is 2.48. The summed E-state index contributed by atoms with van der Waals surface area (Å²) in [7, 11) is 1.64. The number of ether oxygens (including phenoxy) is 1. The molecule has 0 aliphatic carbocycles. The van der Waals surface area contributed by atoms with E-state index in [9.17, 15) is 14.3 Å². The van der Waals surface area contributed by atoms with Gasteiger partial charge in [-0.1, -0.05) is 30.3 Å². The Bertz CT molecular complexity index is 1140. The zero-order chi connectivity index (χ0) is 22.9. The summed E-state index contributed by atoms with van der Waals surface area (Å²) < 4.78 is 18.5. The van der Waals surface area contributed by atoms with Crippen molar-refractivity contribution in [1.82, 2.24) is 4.90 Å². The second kappa shape index (κ2) is 8.84. The lowest BCUT2D eigenvalue weighted by Crippen LogP contribution is -2.69. The van der Waals surface area contributed by atoms with Crippen LogP contribution in [0, 0.1) is 5.82 Å². The number of hydrogen-bond acceptors (Lipinski definition) is 4. The molecule has 3 atom stereocenters. The van der Waals surface area contributed by atoms with Gasteiger partial charge in [-0.25, -0.2) is 9.18 Å². The Morgan fingerprint density at radius 2 is 1.82 bits per heavy atom. The van der Waals surface area contributed by atoms with E-state index in [0.717, 1.165) is 22.6 Å². The molecule has 0 radical (unpaired) electrons. The van der Waals surface area contributed by atoms with Crippen LogP contribution in [0.15, 0.2) is 72.8 Å². The number of hydrogen-bond donors (Lipinski definition) is 2. The molecule has 0 saturated carbocycles.